The lowest BCUT2D eigenvalue weighted by Crippen LogP contribution is -2.21. The van der Waals surface area contributed by atoms with Crippen molar-refractivity contribution in [2.24, 2.45) is 0 Å². The van der Waals surface area contributed by atoms with Crippen molar-refractivity contribution in [3.63, 3.8) is 0 Å². The van der Waals surface area contributed by atoms with Crippen LogP contribution in [0.2, 0.25) is 0 Å². The Bertz CT molecular complexity index is 365. The molecule has 0 bridgehead atoms. The summed E-state index contributed by atoms with van der Waals surface area (Å²) in [6.45, 7) is 0.901. The molecular formula is C12H17ClFNO3. The fourth-order valence-electron chi connectivity index (χ4n) is 1.31. The van der Waals surface area contributed by atoms with Crippen molar-refractivity contribution in [2.45, 2.75) is 6.10 Å². The molecule has 0 saturated carbocycles. The number of alkyl halides is 1. The number of para-hydroxylation sites is 1. The number of anilines is 1. The fraction of sp³-hybridized carbons (Fsp3) is 0.500. The van der Waals surface area contributed by atoms with Crippen LogP contribution in [0.1, 0.15) is 0 Å². The first-order valence-electron chi connectivity index (χ1n) is 5.57. The SMILES string of the molecule is COCCOc1cccc(F)c1NCC(O)CCl. The third-order valence-corrected chi connectivity index (χ3v) is 2.57. The highest BCUT2D eigenvalue weighted by atomic mass is 35.5. The molecule has 0 saturated heterocycles. The summed E-state index contributed by atoms with van der Waals surface area (Å²) in [7, 11) is 1.56. The smallest absolute Gasteiger partial charge is 0.150 e. The van der Waals surface area contributed by atoms with Gasteiger partial charge in [-0.15, -0.1) is 11.6 Å². The molecule has 1 atom stereocenters. The van der Waals surface area contributed by atoms with Gasteiger partial charge in [0.2, 0.25) is 0 Å². The Balaban J connectivity index is 2.67. The van der Waals surface area contributed by atoms with Crippen LogP contribution >= 0.6 is 11.6 Å². The number of hydrogen-bond donors (Lipinski definition) is 2. The molecule has 1 unspecified atom stereocenters. The first kappa shape index (κ1) is 15.0. The summed E-state index contributed by atoms with van der Waals surface area (Å²) >= 11 is 5.47. The summed E-state index contributed by atoms with van der Waals surface area (Å²) in [5.74, 6) is 0.0296. The zero-order valence-electron chi connectivity index (χ0n) is 10.2. The van der Waals surface area contributed by atoms with Crippen LogP contribution in [0.4, 0.5) is 10.1 Å². The molecule has 2 N–H and O–H groups in total. The highest BCUT2D eigenvalue weighted by molar-refractivity contribution is 6.18. The van der Waals surface area contributed by atoms with Crippen molar-refractivity contribution in [3.05, 3.63) is 24.0 Å². The van der Waals surface area contributed by atoms with Crippen molar-refractivity contribution in [1.29, 1.82) is 0 Å². The van der Waals surface area contributed by atoms with Gasteiger partial charge in [-0.3, -0.25) is 0 Å². The molecule has 0 amide bonds. The lowest BCUT2D eigenvalue weighted by atomic mass is 10.2. The molecule has 102 valence electrons. The quantitative estimate of drug-likeness (QED) is 0.563. The molecule has 1 rings (SSSR count). The lowest BCUT2D eigenvalue weighted by molar-refractivity contribution is 0.146. The van der Waals surface area contributed by atoms with Crippen LogP contribution in [-0.2, 0) is 4.74 Å². The van der Waals surface area contributed by atoms with Crippen molar-refractivity contribution >= 4 is 17.3 Å². The van der Waals surface area contributed by atoms with E-state index in [0.29, 0.717) is 19.0 Å². The monoisotopic (exact) mass is 277 g/mol. The number of nitrogens with one attached hydrogen (secondary N) is 1. The summed E-state index contributed by atoms with van der Waals surface area (Å²) in [6.07, 6.45) is -0.738. The Labute approximate surface area is 111 Å². The van der Waals surface area contributed by atoms with Gasteiger partial charge < -0.3 is 19.9 Å². The van der Waals surface area contributed by atoms with E-state index in [9.17, 15) is 9.50 Å². The standard InChI is InChI=1S/C12H17ClFNO3/c1-17-5-6-18-11-4-2-3-10(14)12(11)15-8-9(16)7-13/h2-4,9,15-16H,5-8H2,1H3. The minimum absolute atomic E-state index is 0.0846. The van der Waals surface area contributed by atoms with E-state index in [0.717, 1.165) is 0 Å². The number of methoxy groups -OCH3 is 1. The van der Waals surface area contributed by atoms with E-state index in [2.05, 4.69) is 5.32 Å². The molecule has 0 fully saturated rings. The van der Waals surface area contributed by atoms with Gasteiger partial charge in [0.25, 0.3) is 0 Å². The molecule has 1 aromatic carbocycles. The first-order valence-corrected chi connectivity index (χ1v) is 6.10. The third-order valence-electron chi connectivity index (χ3n) is 2.21. The van der Waals surface area contributed by atoms with E-state index >= 15 is 0 Å². The maximum atomic E-state index is 13.6. The summed E-state index contributed by atoms with van der Waals surface area (Å²) in [5.41, 5.74) is 0.220. The van der Waals surface area contributed by atoms with Crippen molar-refractivity contribution in [2.75, 3.05) is 38.1 Å². The number of benzene rings is 1. The lowest BCUT2D eigenvalue weighted by Gasteiger charge is -2.15. The molecule has 0 aromatic heterocycles. The number of hydrogen-bond acceptors (Lipinski definition) is 4. The second-order valence-electron chi connectivity index (χ2n) is 3.64. The van der Waals surface area contributed by atoms with Crippen molar-refractivity contribution in [3.8, 4) is 5.75 Å². The van der Waals surface area contributed by atoms with Gasteiger partial charge in [-0.05, 0) is 12.1 Å². The summed E-state index contributed by atoms with van der Waals surface area (Å²) < 4.78 is 23.9. The minimum Gasteiger partial charge on any atom is -0.489 e. The van der Waals surface area contributed by atoms with Crippen LogP contribution in [0.3, 0.4) is 0 Å². The highest BCUT2D eigenvalue weighted by Gasteiger charge is 2.11. The number of aliphatic hydroxyl groups excluding tert-OH is 1. The molecule has 0 aliphatic rings. The maximum Gasteiger partial charge on any atom is 0.150 e. The average molecular weight is 278 g/mol. The Hall–Kier alpha value is -1.04. The van der Waals surface area contributed by atoms with Gasteiger partial charge in [-0.25, -0.2) is 4.39 Å². The van der Waals surface area contributed by atoms with Gasteiger partial charge in [0.1, 0.15) is 23.9 Å². The zero-order chi connectivity index (χ0) is 13.4. The average Bonchev–Trinajstić information content (AvgIpc) is 2.38. The van der Waals surface area contributed by atoms with E-state index in [1.54, 1.807) is 19.2 Å². The summed E-state index contributed by atoms with van der Waals surface area (Å²) in [5, 5.41) is 12.1. The third kappa shape index (κ3) is 4.68. The molecule has 0 aliphatic heterocycles. The van der Waals surface area contributed by atoms with Crippen molar-refractivity contribution < 1.29 is 19.0 Å². The Morgan fingerprint density at radius 1 is 1.44 bits per heavy atom. The second-order valence-corrected chi connectivity index (χ2v) is 3.95. The van der Waals surface area contributed by atoms with E-state index in [1.807, 2.05) is 0 Å². The van der Waals surface area contributed by atoms with Crippen LogP contribution < -0.4 is 10.1 Å². The van der Waals surface area contributed by atoms with Gasteiger partial charge in [0.05, 0.1) is 18.6 Å². The van der Waals surface area contributed by atoms with E-state index in [-0.39, 0.29) is 18.1 Å². The molecule has 6 heteroatoms. The van der Waals surface area contributed by atoms with Gasteiger partial charge in [0.15, 0.2) is 0 Å². The van der Waals surface area contributed by atoms with E-state index in [1.165, 1.54) is 6.07 Å². The molecule has 0 spiro atoms. The predicted molar refractivity (Wildman–Crippen MR) is 69.0 cm³/mol. The maximum absolute atomic E-state index is 13.6. The van der Waals surface area contributed by atoms with Crippen LogP contribution in [-0.4, -0.2) is 44.0 Å². The van der Waals surface area contributed by atoms with Crippen molar-refractivity contribution in [1.82, 2.24) is 0 Å². The van der Waals surface area contributed by atoms with Crippen LogP contribution in [0.15, 0.2) is 18.2 Å². The second kappa shape index (κ2) is 8.13. The van der Waals surface area contributed by atoms with E-state index in [4.69, 9.17) is 21.1 Å². The van der Waals surface area contributed by atoms with Gasteiger partial charge in [-0.2, -0.15) is 0 Å². The first-order chi connectivity index (χ1) is 8.69. The normalized spacial score (nSPS) is 12.2. The minimum atomic E-state index is -0.738. The highest BCUT2D eigenvalue weighted by Crippen LogP contribution is 2.27. The van der Waals surface area contributed by atoms with Gasteiger partial charge in [0, 0.05) is 13.7 Å². The summed E-state index contributed by atoms with van der Waals surface area (Å²) in [6, 6.07) is 4.52. The molecule has 0 heterocycles. The fourth-order valence-corrected chi connectivity index (χ4v) is 1.41. The Morgan fingerprint density at radius 3 is 2.89 bits per heavy atom. The predicted octanol–water partition coefficient (Wildman–Crippen LogP) is 1.86. The van der Waals surface area contributed by atoms with Crippen LogP contribution in [0, 0.1) is 5.82 Å². The Kier molecular flexibility index (Phi) is 6.78. The largest absolute Gasteiger partial charge is 0.489 e. The number of rotatable bonds is 8. The van der Waals surface area contributed by atoms with Crippen LogP contribution in [0.5, 0.6) is 5.75 Å². The van der Waals surface area contributed by atoms with Gasteiger partial charge in [-0.1, -0.05) is 6.07 Å². The molecule has 0 aliphatic carbocycles. The molecule has 0 radical (unpaired) electrons. The number of halogens is 2. The van der Waals surface area contributed by atoms with E-state index < -0.39 is 11.9 Å². The number of aliphatic hydroxyl groups is 1. The number of ether oxygens (including phenoxy) is 2. The molecule has 1 aromatic rings. The Morgan fingerprint density at radius 2 is 2.22 bits per heavy atom. The van der Waals surface area contributed by atoms with Crippen LogP contribution in [0.25, 0.3) is 0 Å². The molecule has 18 heavy (non-hydrogen) atoms. The zero-order valence-corrected chi connectivity index (χ0v) is 10.9. The van der Waals surface area contributed by atoms with Gasteiger partial charge >= 0.3 is 0 Å². The topological polar surface area (TPSA) is 50.7 Å². The molecule has 4 nitrogen and oxygen atoms in total. The summed E-state index contributed by atoms with van der Waals surface area (Å²) in [4.78, 5) is 0. The molecular weight excluding hydrogens is 261 g/mol.